The van der Waals surface area contributed by atoms with Gasteiger partial charge in [-0.25, -0.2) is 4.79 Å². The molecule has 2 aliphatic rings. The van der Waals surface area contributed by atoms with Gasteiger partial charge < -0.3 is 9.64 Å². The second-order valence-electron chi connectivity index (χ2n) is 7.14. The van der Waals surface area contributed by atoms with E-state index in [1.54, 1.807) is 4.90 Å². The molecule has 0 radical (unpaired) electrons. The molecule has 2 amide bonds. The highest BCUT2D eigenvalue weighted by molar-refractivity contribution is 5.79. The summed E-state index contributed by atoms with van der Waals surface area (Å²) in [5.74, 6) is -0.0718. The molecule has 2 rings (SSSR count). The van der Waals surface area contributed by atoms with E-state index in [0.29, 0.717) is 24.5 Å². The third-order valence-electron chi connectivity index (χ3n) is 4.64. The van der Waals surface area contributed by atoms with E-state index in [-0.39, 0.29) is 12.0 Å². The van der Waals surface area contributed by atoms with Crippen molar-refractivity contribution >= 4 is 12.0 Å². The third-order valence-corrected chi connectivity index (χ3v) is 4.64. The molecule has 1 fully saturated rings. The maximum atomic E-state index is 12.3. The van der Waals surface area contributed by atoms with Gasteiger partial charge >= 0.3 is 6.09 Å². The maximum absolute atomic E-state index is 12.3. The largest absolute Gasteiger partial charge is 0.446 e. The number of hydrogen-bond donors (Lipinski definition) is 0. The molecule has 1 aliphatic carbocycles. The summed E-state index contributed by atoms with van der Waals surface area (Å²) in [6, 6.07) is 0. The number of ether oxygens (including phenoxy) is 1. The van der Waals surface area contributed by atoms with Gasteiger partial charge in [-0.05, 0) is 51.7 Å². The summed E-state index contributed by atoms with van der Waals surface area (Å²) in [5, 5.41) is 0. The van der Waals surface area contributed by atoms with E-state index in [9.17, 15) is 9.59 Å². The lowest BCUT2D eigenvalue weighted by atomic mass is 10.1. The summed E-state index contributed by atoms with van der Waals surface area (Å²) >= 11 is 0. The SMILES string of the molecule is C=C1/C(=C\C=C\C2=C(C)CCCC=C2)N(C(C)=O)CCN1C(=O)OC(C)C. The fraction of sp³-hybridized carbons (Fsp3) is 0.455. The lowest BCUT2D eigenvalue weighted by molar-refractivity contribution is -0.127. The molecule has 5 nitrogen and oxygen atoms in total. The van der Waals surface area contributed by atoms with E-state index < -0.39 is 6.09 Å². The molecular weight excluding hydrogens is 340 g/mol. The molecule has 0 spiro atoms. The molecule has 0 N–H and O–H groups in total. The molecule has 5 heteroatoms. The molecule has 0 aromatic carbocycles. The first-order chi connectivity index (χ1) is 12.8. The van der Waals surface area contributed by atoms with Crippen molar-refractivity contribution in [3.8, 4) is 0 Å². The zero-order valence-corrected chi connectivity index (χ0v) is 16.8. The van der Waals surface area contributed by atoms with Gasteiger partial charge in [-0.3, -0.25) is 9.69 Å². The predicted molar refractivity (Wildman–Crippen MR) is 108 cm³/mol. The Morgan fingerprint density at radius 2 is 1.96 bits per heavy atom. The van der Waals surface area contributed by atoms with Gasteiger partial charge in [-0.2, -0.15) is 0 Å². The van der Waals surface area contributed by atoms with Gasteiger partial charge in [0.05, 0.1) is 17.5 Å². The van der Waals surface area contributed by atoms with Crippen molar-refractivity contribution in [1.29, 1.82) is 0 Å². The molecule has 0 unspecified atom stereocenters. The fourth-order valence-corrected chi connectivity index (χ4v) is 3.15. The molecule has 1 heterocycles. The van der Waals surface area contributed by atoms with Crippen LogP contribution in [0.4, 0.5) is 4.79 Å². The first-order valence-corrected chi connectivity index (χ1v) is 9.51. The Labute approximate surface area is 162 Å². The minimum absolute atomic E-state index is 0.0718. The van der Waals surface area contributed by atoms with Gasteiger partial charge in [0.1, 0.15) is 0 Å². The van der Waals surface area contributed by atoms with E-state index in [0.717, 1.165) is 12.8 Å². The van der Waals surface area contributed by atoms with Crippen LogP contribution in [0.15, 0.2) is 59.5 Å². The zero-order chi connectivity index (χ0) is 20.0. The van der Waals surface area contributed by atoms with E-state index in [1.165, 1.54) is 29.4 Å². The minimum Gasteiger partial charge on any atom is -0.446 e. The van der Waals surface area contributed by atoms with Gasteiger partial charge in [0.15, 0.2) is 0 Å². The van der Waals surface area contributed by atoms with E-state index >= 15 is 0 Å². The van der Waals surface area contributed by atoms with Gasteiger partial charge in [-0.1, -0.05) is 36.5 Å². The molecule has 0 atom stereocenters. The van der Waals surface area contributed by atoms with E-state index in [2.05, 4.69) is 25.7 Å². The Bertz CT molecular complexity index is 726. The van der Waals surface area contributed by atoms with Crippen LogP contribution in [-0.4, -0.2) is 41.0 Å². The monoisotopic (exact) mass is 370 g/mol. The molecule has 27 heavy (non-hydrogen) atoms. The van der Waals surface area contributed by atoms with E-state index in [4.69, 9.17) is 4.74 Å². The van der Waals surface area contributed by atoms with Crippen molar-refractivity contribution in [2.75, 3.05) is 13.1 Å². The molecule has 0 bridgehead atoms. The predicted octanol–water partition coefficient (Wildman–Crippen LogP) is 4.71. The van der Waals surface area contributed by atoms with Crippen LogP contribution in [0.5, 0.6) is 0 Å². The van der Waals surface area contributed by atoms with E-state index in [1.807, 2.05) is 32.1 Å². The van der Waals surface area contributed by atoms with Crippen molar-refractivity contribution < 1.29 is 14.3 Å². The second kappa shape index (κ2) is 9.40. The zero-order valence-electron chi connectivity index (χ0n) is 16.8. The van der Waals surface area contributed by atoms with Gasteiger partial charge in [-0.15, -0.1) is 0 Å². The Morgan fingerprint density at radius 1 is 1.26 bits per heavy atom. The molecule has 1 saturated heterocycles. The Kier molecular flexibility index (Phi) is 7.22. The minimum atomic E-state index is -0.432. The van der Waals surface area contributed by atoms with Crippen LogP contribution >= 0.6 is 0 Å². The third kappa shape index (κ3) is 5.46. The second-order valence-corrected chi connectivity index (χ2v) is 7.14. The first-order valence-electron chi connectivity index (χ1n) is 9.51. The molecular formula is C22H30N2O3. The number of rotatable bonds is 3. The van der Waals surface area contributed by atoms with Crippen LogP contribution in [0.1, 0.15) is 47.0 Å². The highest BCUT2D eigenvalue weighted by Gasteiger charge is 2.31. The number of carbonyl (C=O) groups is 2. The Balaban J connectivity index is 2.26. The summed E-state index contributed by atoms with van der Waals surface area (Å²) in [7, 11) is 0. The smallest absolute Gasteiger partial charge is 0.414 e. The molecule has 146 valence electrons. The van der Waals surface area contributed by atoms with Crippen molar-refractivity contribution in [2.45, 2.75) is 53.1 Å². The molecule has 0 aromatic heterocycles. The quantitative estimate of drug-likeness (QED) is 0.723. The van der Waals surface area contributed by atoms with Crippen LogP contribution in [0.2, 0.25) is 0 Å². The van der Waals surface area contributed by atoms with Crippen LogP contribution in [0.25, 0.3) is 0 Å². The first kappa shape index (κ1) is 20.7. The number of carbonyl (C=O) groups excluding carboxylic acids is 2. The highest BCUT2D eigenvalue weighted by atomic mass is 16.6. The molecule has 0 aromatic rings. The molecule has 0 saturated carbocycles. The van der Waals surface area contributed by atoms with Crippen LogP contribution < -0.4 is 0 Å². The fourth-order valence-electron chi connectivity index (χ4n) is 3.15. The summed E-state index contributed by atoms with van der Waals surface area (Å²) < 4.78 is 5.29. The van der Waals surface area contributed by atoms with Crippen LogP contribution in [-0.2, 0) is 9.53 Å². The number of allylic oxidation sites excluding steroid dienone is 7. The van der Waals surface area contributed by atoms with Gasteiger partial charge in [0, 0.05) is 20.0 Å². The average Bonchev–Trinajstić information content (AvgIpc) is 2.79. The lowest BCUT2D eigenvalue weighted by Crippen LogP contribution is -2.47. The van der Waals surface area contributed by atoms with Crippen molar-refractivity contribution in [2.24, 2.45) is 0 Å². The van der Waals surface area contributed by atoms with Crippen LogP contribution in [0.3, 0.4) is 0 Å². The van der Waals surface area contributed by atoms with Crippen molar-refractivity contribution in [3.05, 3.63) is 59.5 Å². The van der Waals surface area contributed by atoms with Crippen molar-refractivity contribution in [1.82, 2.24) is 9.80 Å². The number of hydrogen-bond acceptors (Lipinski definition) is 3. The number of piperazine rings is 1. The molecule has 1 aliphatic heterocycles. The normalized spacial score (nSPS) is 20.0. The topological polar surface area (TPSA) is 49.9 Å². The summed E-state index contributed by atoms with van der Waals surface area (Å²) in [5.41, 5.74) is 3.65. The van der Waals surface area contributed by atoms with Gasteiger partial charge in [0.2, 0.25) is 5.91 Å². The van der Waals surface area contributed by atoms with Crippen molar-refractivity contribution in [3.63, 3.8) is 0 Å². The number of nitrogens with zero attached hydrogens (tertiary/aromatic N) is 2. The average molecular weight is 370 g/mol. The standard InChI is InChI=1S/C22H30N2O3/c1-16(2)27-22(26)23-14-15-24(19(5)25)21(18(23)4)13-9-12-20-11-8-6-7-10-17(20)3/h8-9,11-13,16H,4,6-7,10,14-15H2,1-3,5H3/b12-9+,21-13+. The summed E-state index contributed by atoms with van der Waals surface area (Å²) in [6.07, 6.45) is 12.8. The summed E-state index contributed by atoms with van der Waals surface area (Å²) in [6.45, 7) is 12.1. The Morgan fingerprint density at radius 3 is 2.63 bits per heavy atom. The van der Waals surface area contributed by atoms with Gasteiger partial charge in [0.25, 0.3) is 0 Å². The lowest BCUT2D eigenvalue weighted by Gasteiger charge is -2.37. The Hall–Kier alpha value is -2.56. The summed E-state index contributed by atoms with van der Waals surface area (Å²) in [4.78, 5) is 27.5. The number of amides is 2. The van der Waals surface area contributed by atoms with Crippen LogP contribution in [0, 0.1) is 0 Å². The highest BCUT2D eigenvalue weighted by Crippen LogP contribution is 2.25. The maximum Gasteiger partial charge on any atom is 0.414 e.